The second kappa shape index (κ2) is 3.21. The van der Waals surface area contributed by atoms with Crippen LogP contribution in [0.3, 0.4) is 0 Å². The van der Waals surface area contributed by atoms with Crippen molar-refractivity contribution in [1.29, 1.82) is 0 Å². The topological polar surface area (TPSA) is 24.4 Å². The highest BCUT2D eigenvalue weighted by Gasteiger charge is 2.06. The first-order valence-electron chi connectivity index (χ1n) is 4.65. The Balaban J connectivity index is 2.57. The van der Waals surface area contributed by atoms with Gasteiger partial charge in [-0.2, -0.15) is 0 Å². The van der Waals surface area contributed by atoms with E-state index in [1.165, 1.54) is 16.8 Å². The second-order valence-electron chi connectivity index (χ2n) is 3.51. The van der Waals surface area contributed by atoms with E-state index in [2.05, 4.69) is 36.3 Å². The molecule has 0 bridgehead atoms. The van der Waals surface area contributed by atoms with Crippen LogP contribution in [-0.4, -0.2) is 12.8 Å². The summed E-state index contributed by atoms with van der Waals surface area (Å²) < 4.78 is 0. The molecule has 13 heavy (non-hydrogen) atoms. The molecule has 0 atom stereocenters. The van der Waals surface area contributed by atoms with Gasteiger partial charge in [-0.05, 0) is 31.0 Å². The first-order valence-corrected chi connectivity index (χ1v) is 4.65. The van der Waals surface area contributed by atoms with E-state index >= 15 is 0 Å². The van der Waals surface area contributed by atoms with Gasteiger partial charge in [0.25, 0.3) is 0 Å². The number of anilines is 1. The van der Waals surface area contributed by atoms with E-state index in [4.69, 9.17) is 0 Å². The molecular weight excluding hydrogens is 160 g/mol. The van der Waals surface area contributed by atoms with Gasteiger partial charge in [0.1, 0.15) is 0 Å². The molecule has 0 radical (unpaired) electrons. The van der Waals surface area contributed by atoms with Crippen molar-refractivity contribution in [2.75, 3.05) is 11.9 Å². The van der Waals surface area contributed by atoms with E-state index in [9.17, 15) is 0 Å². The van der Waals surface area contributed by atoms with E-state index in [0.717, 1.165) is 18.7 Å². The highest BCUT2D eigenvalue weighted by molar-refractivity contribution is 5.77. The first-order chi connectivity index (χ1) is 6.27. The summed E-state index contributed by atoms with van der Waals surface area (Å²) in [7, 11) is 0. The van der Waals surface area contributed by atoms with Crippen molar-refractivity contribution in [1.82, 2.24) is 0 Å². The number of nitrogens with zero attached hydrogens (tertiary/aromatic N) is 1. The summed E-state index contributed by atoms with van der Waals surface area (Å²) in [5.74, 6) is 0. The average molecular weight is 174 g/mol. The molecule has 0 unspecified atom stereocenters. The molecule has 1 aromatic rings. The number of aryl methyl sites for hydroxylation is 2. The zero-order chi connectivity index (χ0) is 9.26. The third-order valence-corrected chi connectivity index (χ3v) is 2.25. The van der Waals surface area contributed by atoms with Crippen molar-refractivity contribution in [2.45, 2.75) is 20.3 Å². The Kier molecular flexibility index (Phi) is 2.05. The third-order valence-electron chi connectivity index (χ3n) is 2.25. The van der Waals surface area contributed by atoms with Crippen LogP contribution in [0.4, 0.5) is 11.4 Å². The number of aliphatic imine (C=N–C) groups is 1. The summed E-state index contributed by atoms with van der Waals surface area (Å²) in [4.78, 5) is 4.44. The van der Waals surface area contributed by atoms with Crippen LogP contribution in [0, 0.1) is 13.8 Å². The molecule has 1 aromatic carbocycles. The highest BCUT2D eigenvalue weighted by Crippen LogP contribution is 2.31. The molecule has 0 saturated carbocycles. The predicted octanol–water partition coefficient (Wildman–Crippen LogP) is 2.82. The van der Waals surface area contributed by atoms with E-state index in [1.54, 1.807) is 0 Å². The molecule has 0 spiro atoms. The summed E-state index contributed by atoms with van der Waals surface area (Å²) >= 11 is 0. The lowest BCUT2D eigenvalue weighted by atomic mass is 10.1. The van der Waals surface area contributed by atoms with Crippen molar-refractivity contribution in [3.63, 3.8) is 0 Å². The summed E-state index contributed by atoms with van der Waals surface area (Å²) in [6, 6.07) is 4.33. The normalized spacial score (nSPS) is 14.6. The largest absolute Gasteiger partial charge is 0.383 e. The lowest BCUT2D eigenvalue weighted by Gasteiger charge is -2.09. The zero-order valence-corrected chi connectivity index (χ0v) is 8.09. The lowest BCUT2D eigenvalue weighted by molar-refractivity contribution is 1.14. The maximum Gasteiger partial charge on any atom is 0.0886 e. The van der Waals surface area contributed by atoms with Gasteiger partial charge in [0.2, 0.25) is 0 Å². The maximum atomic E-state index is 4.44. The van der Waals surface area contributed by atoms with Crippen LogP contribution in [-0.2, 0) is 0 Å². The predicted molar refractivity (Wildman–Crippen MR) is 57.2 cm³/mol. The minimum atomic E-state index is 0.986. The number of hydrogen-bond acceptors (Lipinski definition) is 2. The molecule has 0 fully saturated rings. The smallest absolute Gasteiger partial charge is 0.0886 e. The molecule has 0 amide bonds. The monoisotopic (exact) mass is 174 g/mol. The molecule has 0 aromatic heterocycles. The Hall–Kier alpha value is -1.31. The van der Waals surface area contributed by atoms with Crippen molar-refractivity contribution in [3.05, 3.63) is 23.3 Å². The molecule has 2 heteroatoms. The minimum absolute atomic E-state index is 0.986. The Morgan fingerprint density at radius 2 is 2.15 bits per heavy atom. The van der Waals surface area contributed by atoms with E-state index < -0.39 is 0 Å². The van der Waals surface area contributed by atoms with Crippen LogP contribution in [0.25, 0.3) is 0 Å². The van der Waals surface area contributed by atoms with Gasteiger partial charge in [-0.25, -0.2) is 0 Å². The van der Waals surface area contributed by atoms with E-state index in [0.29, 0.717) is 0 Å². The maximum absolute atomic E-state index is 4.44. The number of hydrogen-bond donors (Lipinski definition) is 1. The van der Waals surface area contributed by atoms with Crippen LogP contribution in [0.1, 0.15) is 17.5 Å². The standard InChI is InChI=1S/C11H14N2/c1-8-6-9(2)11-10(7-8)12-4-3-5-13-11/h5-7,12H,3-4H2,1-2H3. The highest BCUT2D eigenvalue weighted by atomic mass is 14.9. The van der Waals surface area contributed by atoms with Gasteiger partial charge >= 0.3 is 0 Å². The molecule has 1 heterocycles. The quantitative estimate of drug-likeness (QED) is 0.642. The molecular formula is C11H14N2. The number of rotatable bonds is 0. The van der Waals surface area contributed by atoms with Crippen LogP contribution in [0.5, 0.6) is 0 Å². The molecule has 0 aliphatic carbocycles. The van der Waals surface area contributed by atoms with E-state index in [1.807, 2.05) is 6.21 Å². The number of nitrogens with one attached hydrogen (secondary N) is 1. The van der Waals surface area contributed by atoms with Crippen molar-refractivity contribution < 1.29 is 0 Å². The van der Waals surface area contributed by atoms with Crippen LogP contribution in [0.2, 0.25) is 0 Å². The fourth-order valence-corrected chi connectivity index (χ4v) is 1.69. The average Bonchev–Trinajstić information content (AvgIpc) is 2.28. The fourth-order valence-electron chi connectivity index (χ4n) is 1.69. The van der Waals surface area contributed by atoms with Gasteiger partial charge in [0.05, 0.1) is 11.4 Å². The molecule has 1 aliphatic heterocycles. The van der Waals surface area contributed by atoms with Gasteiger partial charge in [-0.3, -0.25) is 4.99 Å². The summed E-state index contributed by atoms with van der Waals surface area (Å²) in [5, 5.41) is 3.38. The van der Waals surface area contributed by atoms with Crippen LogP contribution in [0.15, 0.2) is 17.1 Å². The summed E-state index contributed by atoms with van der Waals surface area (Å²) in [6.07, 6.45) is 2.99. The second-order valence-corrected chi connectivity index (χ2v) is 3.51. The third kappa shape index (κ3) is 1.57. The van der Waals surface area contributed by atoms with Crippen molar-refractivity contribution in [3.8, 4) is 0 Å². The van der Waals surface area contributed by atoms with Gasteiger partial charge in [-0.1, -0.05) is 6.07 Å². The molecule has 68 valence electrons. The van der Waals surface area contributed by atoms with Gasteiger partial charge < -0.3 is 5.32 Å². The SMILES string of the molecule is Cc1cc(C)c2c(c1)NCCC=N2. The van der Waals surface area contributed by atoms with E-state index in [-0.39, 0.29) is 0 Å². The van der Waals surface area contributed by atoms with Gasteiger partial charge in [-0.15, -0.1) is 0 Å². The first kappa shape index (κ1) is 8.30. The zero-order valence-electron chi connectivity index (χ0n) is 8.09. The molecule has 1 aliphatic rings. The molecule has 2 nitrogen and oxygen atoms in total. The Labute approximate surface area is 78.7 Å². The van der Waals surface area contributed by atoms with Gasteiger partial charge in [0, 0.05) is 19.2 Å². The van der Waals surface area contributed by atoms with Crippen molar-refractivity contribution in [2.24, 2.45) is 4.99 Å². The van der Waals surface area contributed by atoms with Crippen molar-refractivity contribution >= 4 is 17.6 Å². The lowest BCUT2D eigenvalue weighted by Crippen LogP contribution is -2.00. The Morgan fingerprint density at radius 1 is 1.31 bits per heavy atom. The minimum Gasteiger partial charge on any atom is -0.383 e. The molecule has 1 N–H and O–H groups in total. The molecule has 0 saturated heterocycles. The molecule has 2 rings (SSSR count). The summed E-state index contributed by atoms with van der Waals surface area (Å²) in [6.45, 7) is 5.21. The number of fused-ring (bicyclic) bond motifs is 1. The Morgan fingerprint density at radius 3 is 3.00 bits per heavy atom. The van der Waals surface area contributed by atoms with Gasteiger partial charge in [0.15, 0.2) is 0 Å². The van der Waals surface area contributed by atoms with Crippen LogP contribution < -0.4 is 5.32 Å². The van der Waals surface area contributed by atoms with Crippen LogP contribution >= 0.6 is 0 Å². The Bertz CT molecular complexity index is 353. The number of benzene rings is 1. The summed E-state index contributed by atoms with van der Waals surface area (Å²) in [5.41, 5.74) is 4.82. The fraction of sp³-hybridized carbons (Fsp3) is 0.364.